The number of allylic oxidation sites excluding steroid dienone is 1. The maximum atomic E-state index is 14.8. The molecule has 0 fully saturated rings. The summed E-state index contributed by atoms with van der Waals surface area (Å²) < 4.78 is 15.2. The molecule has 3 aromatic rings. The second kappa shape index (κ2) is 7.17. The van der Waals surface area contributed by atoms with E-state index in [1.165, 1.54) is 17.4 Å². The second-order valence-corrected chi connectivity index (χ2v) is 7.44. The maximum Gasteiger partial charge on any atom is 0.269 e. The van der Waals surface area contributed by atoms with Gasteiger partial charge >= 0.3 is 0 Å². The highest BCUT2D eigenvalue weighted by Crippen LogP contribution is 2.34. The fraction of sp³-hybridized carbons (Fsp3) is 0.250. The summed E-state index contributed by atoms with van der Waals surface area (Å²) in [5.74, 6) is -0.142. The van der Waals surface area contributed by atoms with E-state index in [0.717, 1.165) is 0 Å². The molecule has 0 spiro atoms. The topological polar surface area (TPSA) is 78.3 Å². The van der Waals surface area contributed by atoms with E-state index in [0.29, 0.717) is 38.4 Å². The van der Waals surface area contributed by atoms with Crippen LogP contribution in [0.5, 0.6) is 0 Å². The minimum atomic E-state index is -1.14. The maximum absolute atomic E-state index is 14.8. The molecule has 27 heavy (non-hydrogen) atoms. The fourth-order valence-corrected chi connectivity index (χ4v) is 3.67. The molecule has 2 heterocycles. The minimum absolute atomic E-state index is 0.287. The van der Waals surface area contributed by atoms with Crippen LogP contribution in [0.25, 0.3) is 27.0 Å². The molecule has 0 aliphatic rings. The zero-order chi connectivity index (χ0) is 19.8. The molecule has 140 valence electrons. The van der Waals surface area contributed by atoms with Crippen LogP contribution in [0.2, 0.25) is 0 Å². The summed E-state index contributed by atoms with van der Waals surface area (Å²) in [6.45, 7) is 6.77. The quantitative estimate of drug-likeness (QED) is 0.651. The predicted molar refractivity (Wildman–Crippen MR) is 109 cm³/mol. The van der Waals surface area contributed by atoms with Crippen LogP contribution in [0.3, 0.4) is 0 Å². The van der Waals surface area contributed by atoms with Crippen LogP contribution in [0.4, 0.5) is 4.39 Å². The van der Waals surface area contributed by atoms with E-state index in [2.05, 4.69) is 15.0 Å². The van der Waals surface area contributed by atoms with Crippen molar-refractivity contribution in [1.82, 2.24) is 9.97 Å². The molecule has 0 saturated carbocycles. The zero-order valence-electron chi connectivity index (χ0n) is 15.5. The highest BCUT2D eigenvalue weighted by molar-refractivity contribution is 7.17. The fourth-order valence-electron chi connectivity index (χ4n) is 2.77. The first-order chi connectivity index (χ1) is 12.8. The number of nitrogens with one attached hydrogen (secondary N) is 1. The lowest BCUT2D eigenvalue weighted by Gasteiger charge is -2.18. The molecule has 0 atom stereocenters. The lowest BCUT2D eigenvalue weighted by Crippen LogP contribution is -2.15. The van der Waals surface area contributed by atoms with Crippen LogP contribution in [0, 0.1) is 5.82 Å². The standard InChI is InChI=1S/C20H20FN3O2S/c1-5-15(22-6-2)18-23-16-13(10-27-17(16)19(25)24-18)12-8-7-11(9-14(12)21)20(3,4)26/h5-10,26H,1-4H3,(H,23,24,25)/b15-5-,22-6?. The molecular formula is C20H20FN3O2S. The molecular weight excluding hydrogens is 365 g/mol. The third kappa shape index (κ3) is 3.61. The predicted octanol–water partition coefficient (Wildman–Crippen LogP) is 4.47. The number of aliphatic imine (C=N–C) groups is 1. The summed E-state index contributed by atoms with van der Waals surface area (Å²) >= 11 is 1.22. The summed E-state index contributed by atoms with van der Waals surface area (Å²) in [6, 6.07) is 4.59. The van der Waals surface area contributed by atoms with Crippen LogP contribution < -0.4 is 5.56 Å². The Bertz CT molecular complexity index is 1120. The van der Waals surface area contributed by atoms with Gasteiger partial charge in [-0.3, -0.25) is 9.79 Å². The summed E-state index contributed by atoms with van der Waals surface area (Å²) in [5, 5.41) is 11.8. The Morgan fingerprint density at radius 1 is 1.33 bits per heavy atom. The van der Waals surface area contributed by atoms with Gasteiger partial charge in [0.1, 0.15) is 16.2 Å². The van der Waals surface area contributed by atoms with E-state index < -0.39 is 11.4 Å². The van der Waals surface area contributed by atoms with Crippen molar-refractivity contribution in [3.8, 4) is 11.1 Å². The number of benzene rings is 1. The van der Waals surface area contributed by atoms with Crippen molar-refractivity contribution in [1.29, 1.82) is 0 Å². The Morgan fingerprint density at radius 2 is 2.07 bits per heavy atom. The van der Waals surface area contributed by atoms with Gasteiger partial charge in [0.2, 0.25) is 0 Å². The van der Waals surface area contributed by atoms with Crippen molar-refractivity contribution in [2.45, 2.75) is 33.3 Å². The van der Waals surface area contributed by atoms with E-state index in [1.807, 2.05) is 0 Å². The highest BCUT2D eigenvalue weighted by Gasteiger charge is 2.20. The minimum Gasteiger partial charge on any atom is -0.386 e. The van der Waals surface area contributed by atoms with Crippen molar-refractivity contribution >= 4 is 33.5 Å². The average Bonchev–Trinajstić information content (AvgIpc) is 3.03. The summed E-state index contributed by atoms with van der Waals surface area (Å²) in [6.07, 6.45) is 3.36. The molecule has 0 aliphatic heterocycles. The highest BCUT2D eigenvalue weighted by atomic mass is 32.1. The Hall–Kier alpha value is -2.64. The summed E-state index contributed by atoms with van der Waals surface area (Å²) in [5.41, 5.74) is 0.884. The molecule has 0 unspecified atom stereocenters. The molecule has 0 bridgehead atoms. The smallest absolute Gasteiger partial charge is 0.269 e. The lowest BCUT2D eigenvalue weighted by molar-refractivity contribution is 0.0782. The van der Waals surface area contributed by atoms with Crippen molar-refractivity contribution < 1.29 is 9.50 Å². The lowest BCUT2D eigenvalue weighted by atomic mass is 9.95. The third-order valence-electron chi connectivity index (χ3n) is 4.18. The number of H-pyrrole nitrogens is 1. The van der Waals surface area contributed by atoms with Crippen LogP contribution in [-0.2, 0) is 5.60 Å². The van der Waals surface area contributed by atoms with Gasteiger partial charge in [0.25, 0.3) is 5.56 Å². The zero-order valence-corrected chi connectivity index (χ0v) is 16.3. The number of halogens is 1. The van der Waals surface area contributed by atoms with Crippen LogP contribution >= 0.6 is 11.3 Å². The largest absolute Gasteiger partial charge is 0.386 e. The number of rotatable bonds is 4. The first kappa shape index (κ1) is 19.1. The van der Waals surface area contributed by atoms with Gasteiger partial charge in [-0.15, -0.1) is 11.3 Å². The van der Waals surface area contributed by atoms with Gasteiger partial charge in [-0.1, -0.05) is 18.2 Å². The molecule has 0 radical (unpaired) electrons. The molecule has 2 aromatic heterocycles. The van der Waals surface area contributed by atoms with Gasteiger partial charge in [-0.2, -0.15) is 0 Å². The molecule has 2 N–H and O–H groups in total. The van der Waals surface area contributed by atoms with Gasteiger partial charge in [0.15, 0.2) is 5.82 Å². The first-order valence-corrected chi connectivity index (χ1v) is 9.34. The van der Waals surface area contributed by atoms with E-state index >= 15 is 0 Å². The summed E-state index contributed by atoms with van der Waals surface area (Å²) in [7, 11) is 0. The molecule has 3 rings (SSSR count). The number of aliphatic hydroxyl groups is 1. The molecule has 5 nitrogen and oxygen atoms in total. The molecule has 0 aliphatic carbocycles. The molecule has 7 heteroatoms. The normalized spacial score (nSPS) is 13.0. The molecule has 0 amide bonds. The van der Waals surface area contributed by atoms with E-state index in [9.17, 15) is 14.3 Å². The van der Waals surface area contributed by atoms with E-state index in [1.54, 1.807) is 57.5 Å². The third-order valence-corrected chi connectivity index (χ3v) is 5.14. The number of hydrogen-bond donors (Lipinski definition) is 2. The van der Waals surface area contributed by atoms with Crippen molar-refractivity contribution in [3.05, 3.63) is 57.2 Å². The number of nitrogens with zero attached hydrogens (tertiary/aromatic N) is 2. The first-order valence-electron chi connectivity index (χ1n) is 8.46. The SMILES string of the molecule is CC=N/C(=C\C)c1nc2c(-c3ccc(C(C)(C)O)cc3F)csc2c(=O)[nH]1. The van der Waals surface area contributed by atoms with Crippen LogP contribution in [0.1, 0.15) is 39.1 Å². The second-order valence-electron chi connectivity index (χ2n) is 6.56. The number of thiophene rings is 1. The number of aromatic nitrogens is 2. The number of hydrogen-bond acceptors (Lipinski definition) is 5. The van der Waals surface area contributed by atoms with E-state index in [4.69, 9.17) is 0 Å². The molecule has 0 saturated heterocycles. The monoisotopic (exact) mass is 385 g/mol. The van der Waals surface area contributed by atoms with Crippen molar-refractivity contribution in [2.24, 2.45) is 4.99 Å². The number of aromatic amines is 1. The molecule has 1 aromatic carbocycles. The Morgan fingerprint density at radius 3 is 2.67 bits per heavy atom. The Kier molecular flexibility index (Phi) is 5.08. The average molecular weight is 385 g/mol. The van der Waals surface area contributed by atoms with Crippen molar-refractivity contribution in [3.63, 3.8) is 0 Å². The number of fused-ring (bicyclic) bond motifs is 1. The van der Waals surface area contributed by atoms with Gasteiger partial charge in [0, 0.05) is 22.7 Å². The van der Waals surface area contributed by atoms with Gasteiger partial charge in [-0.05, 0) is 39.3 Å². The Labute approximate surface area is 159 Å². The van der Waals surface area contributed by atoms with Crippen LogP contribution in [0.15, 0.2) is 39.4 Å². The Balaban J connectivity index is 2.22. The van der Waals surface area contributed by atoms with Crippen LogP contribution in [-0.4, -0.2) is 21.3 Å². The van der Waals surface area contributed by atoms with Gasteiger partial charge in [-0.25, -0.2) is 9.37 Å². The van der Waals surface area contributed by atoms with Crippen molar-refractivity contribution in [2.75, 3.05) is 0 Å². The van der Waals surface area contributed by atoms with E-state index in [-0.39, 0.29) is 5.56 Å². The van der Waals surface area contributed by atoms with Gasteiger partial charge < -0.3 is 10.1 Å². The summed E-state index contributed by atoms with van der Waals surface area (Å²) in [4.78, 5) is 23.9. The van der Waals surface area contributed by atoms with Gasteiger partial charge in [0.05, 0.1) is 11.1 Å².